The first kappa shape index (κ1) is 11.3. The van der Waals surface area contributed by atoms with Crippen molar-refractivity contribution in [2.45, 2.75) is 10.8 Å². The fourth-order valence-corrected chi connectivity index (χ4v) is 3.52. The minimum Gasteiger partial charge on any atom is -0.305 e. The van der Waals surface area contributed by atoms with Crippen LogP contribution in [-0.4, -0.2) is 36.7 Å². The molecule has 0 aromatic heterocycles. The minimum absolute atomic E-state index is 0.680. The van der Waals surface area contributed by atoms with E-state index in [1.54, 1.807) is 0 Å². The fraction of sp³-hybridized carbons (Fsp3) is 0.500. The highest BCUT2D eigenvalue weighted by Gasteiger charge is 2.23. The van der Waals surface area contributed by atoms with Gasteiger partial charge in [0.2, 0.25) is 0 Å². The van der Waals surface area contributed by atoms with Gasteiger partial charge in [-0.3, -0.25) is 0 Å². The molecule has 82 valence electrons. The molecule has 1 unspecified atom stereocenters. The molecule has 0 spiro atoms. The Bertz CT molecular complexity index is 329. The van der Waals surface area contributed by atoms with E-state index in [4.69, 9.17) is 11.6 Å². The molecule has 1 heterocycles. The predicted octanol–water partition coefficient (Wildman–Crippen LogP) is 3.05. The van der Waals surface area contributed by atoms with Crippen LogP contribution in [0.3, 0.4) is 0 Å². The van der Waals surface area contributed by atoms with Gasteiger partial charge in [0.05, 0.1) is 0 Å². The highest BCUT2D eigenvalue weighted by molar-refractivity contribution is 7.99. The predicted molar refractivity (Wildman–Crippen MR) is 68.1 cm³/mol. The highest BCUT2D eigenvalue weighted by atomic mass is 35.5. The molecule has 1 nitrogen and oxygen atoms in total. The Morgan fingerprint density at radius 3 is 3.07 bits per heavy atom. The Labute approximate surface area is 101 Å². The molecular weight excluding hydrogens is 226 g/mol. The molecule has 0 saturated carbocycles. The first-order chi connectivity index (χ1) is 7.31. The van der Waals surface area contributed by atoms with Crippen LogP contribution in [0, 0.1) is 0 Å². The molecule has 3 heteroatoms. The molecule has 0 fully saturated rings. The zero-order valence-corrected chi connectivity index (χ0v) is 10.5. The van der Waals surface area contributed by atoms with Gasteiger partial charge in [0.1, 0.15) is 0 Å². The third kappa shape index (κ3) is 2.68. The first-order valence-electron chi connectivity index (χ1n) is 5.27. The third-order valence-electron chi connectivity index (χ3n) is 2.80. The van der Waals surface area contributed by atoms with Crippen molar-refractivity contribution < 1.29 is 0 Å². The van der Waals surface area contributed by atoms with E-state index in [9.17, 15) is 0 Å². The van der Waals surface area contributed by atoms with Gasteiger partial charge in [-0.1, -0.05) is 18.2 Å². The lowest BCUT2D eigenvalue weighted by Gasteiger charge is -2.19. The smallest absolute Gasteiger partial charge is 0.0351 e. The molecule has 1 aliphatic rings. The number of benzene rings is 1. The lowest BCUT2D eigenvalue weighted by atomic mass is 10.0. The fourth-order valence-electron chi connectivity index (χ4n) is 1.99. The summed E-state index contributed by atoms with van der Waals surface area (Å²) >= 11 is 7.71. The molecule has 0 amide bonds. The molecule has 0 saturated heterocycles. The van der Waals surface area contributed by atoms with Gasteiger partial charge >= 0.3 is 0 Å². The Balaban J connectivity index is 2.01. The maximum Gasteiger partial charge on any atom is 0.0351 e. The molecule has 1 atom stereocenters. The van der Waals surface area contributed by atoms with Crippen molar-refractivity contribution in [3.05, 3.63) is 29.8 Å². The second-order valence-electron chi connectivity index (χ2n) is 4.00. The van der Waals surface area contributed by atoms with Crippen molar-refractivity contribution in [1.82, 2.24) is 4.90 Å². The Kier molecular flexibility index (Phi) is 3.95. The summed E-state index contributed by atoms with van der Waals surface area (Å²) in [7, 11) is 2.15. The van der Waals surface area contributed by atoms with E-state index in [0.29, 0.717) is 5.92 Å². The normalized spacial score (nSPS) is 19.5. The number of fused-ring (bicyclic) bond motifs is 1. The zero-order valence-electron chi connectivity index (χ0n) is 8.95. The van der Waals surface area contributed by atoms with Gasteiger partial charge in [-0.15, -0.1) is 23.4 Å². The molecule has 0 radical (unpaired) electrons. The van der Waals surface area contributed by atoms with Crippen LogP contribution in [0.1, 0.15) is 11.5 Å². The molecule has 15 heavy (non-hydrogen) atoms. The summed E-state index contributed by atoms with van der Waals surface area (Å²) < 4.78 is 0. The summed E-state index contributed by atoms with van der Waals surface area (Å²) in [4.78, 5) is 3.78. The van der Waals surface area contributed by atoms with Crippen LogP contribution >= 0.6 is 23.4 Å². The molecule has 0 N–H and O–H groups in total. The lowest BCUT2D eigenvalue weighted by Crippen LogP contribution is -2.26. The van der Waals surface area contributed by atoms with Crippen molar-refractivity contribution in [2.24, 2.45) is 0 Å². The van der Waals surface area contributed by atoms with Crippen molar-refractivity contribution in [1.29, 1.82) is 0 Å². The van der Waals surface area contributed by atoms with Crippen molar-refractivity contribution in [3.8, 4) is 0 Å². The van der Waals surface area contributed by atoms with Crippen LogP contribution < -0.4 is 0 Å². The lowest BCUT2D eigenvalue weighted by molar-refractivity contribution is 0.337. The van der Waals surface area contributed by atoms with Gasteiger partial charge in [-0.2, -0.15) is 0 Å². The number of halogens is 1. The molecular formula is C12H16ClNS. The van der Waals surface area contributed by atoms with Gasteiger partial charge in [0.15, 0.2) is 0 Å². The van der Waals surface area contributed by atoms with Crippen molar-refractivity contribution in [3.63, 3.8) is 0 Å². The Hall–Kier alpha value is -0.180. The first-order valence-corrected chi connectivity index (χ1v) is 6.79. The molecule has 0 bridgehead atoms. The molecule has 1 aliphatic heterocycles. The average Bonchev–Trinajstić information content (AvgIpc) is 2.62. The number of thioether (sulfide) groups is 1. The summed E-state index contributed by atoms with van der Waals surface area (Å²) in [6.07, 6.45) is 0. The third-order valence-corrected chi connectivity index (χ3v) is 4.22. The van der Waals surface area contributed by atoms with Gasteiger partial charge < -0.3 is 4.90 Å². The highest BCUT2D eigenvalue weighted by Crippen LogP contribution is 2.39. The maximum absolute atomic E-state index is 5.74. The second-order valence-corrected chi connectivity index (χ2v) is 5.44. The summed E-state index contributed by atoms with van der Waals surface area (Å²) in [6, 6.07) is 8.74. The summed E-state index contributed by atoms with van der Waals surface area (Å²) in [5.74, 6) is 2.61. The number of likely N-dealkylation sites (N-methyl/N-ethyl adjacent to an activating group) is 1. The zero-order chi connectivity index (χ0) is 10.7. The van der Waals surface area contributed by atoms with E-state index < -0.39 is 0 Å². The van der Waals surface area contributed by atoms with Crippen molar-refractivity contribution >= 4 is 23.4 Å². The number of rotatable bonds is 4. The molecule has 0 aliphatic carbocycles. The van der Waals surface area contributed by atoms with E-state index >= 15 is 0 Å². The van der Waals surface area contributed by atoms with Gasteiger partial charge in [-0.25, -0.2) is 0 Å². The molecule has 1 aromatic rings. The summed E-state index contributed by atoms with van der Waals surface area (Å²) in [5, 5.41) is 0. The molecule has 1 aromatic carbocycles. The summed E-state index contributed by atoms with van der Waals surface area (Å²) in [5.41, 5.74) is 1.52. The summed E-state index contributed by atoms with van der Waals surface area (Å²) in [6.45, 7) is 2.10. The molecule has 2 rings (SSSR count). The average molecular weight is 242 g/mol. The van der Waals surface area contributed by atoms with E-state index in [2.05, 4.69) is 36.2 Å². The van der Waals surface area contributed by atoms with Gasteiger partial charge in [0.25, 0.3) is 0 Å². The van der Waals surface area contributed by atoms with Crippen LogP contribution in [0.25, 0.3) is 0 Å². The Morgan fingerprint density at radius 2 is 2.27 bits per heavy atom. The SMILES string of the molecule is CN(CCCl)CC1CSc2ccccc21. The van der Waals surface area contributed by atoms with E-state index in [-0.39, 0.29) is 0 Å². The van der Waals surface area contributed by atoms with Crippen LogP contribution in [0.15, 0.2) is 29.2 Å². The quantitative estimate of drug-likeness (QED) is 0.746. The van der Waals surface area contributed by atoms with Crippen LogP contribution in [0.2, 0.25) is 0 Å². The number of nitrogens with zero attached hydrogens (tertiary/aromatic N) is 1. The van der Waals surface area contributed by atoms with E-state index in [1.807, 2.05) is 11.8 Å². The second kappa shape index (κ2) is 5.24. The largest absolute Gasteiger partial charge is 0.305 e. The monoisotopic (exact) mass is 241 g/mol. The van der Waals surface area contributed by atoms with Gasteiger partial charge in [0, 0.05) is 35.5 Å². The topological polar surface area (TPSA) is 3.24 Å². The van der Waals surface area contributed by atoms with Crippen LogP contribution in [0.5, 0.6) is 0 Å². The standard InChI is InChI=1S/C12H16ClNS/c1-14(7-6-13)8-10-9-15-12-5-3-2-4-11(10)12/h2-5,10H,6-9H2,1H3. The van der Waals surface area contributed by atoms with Crippen molar-refractivity contribution in [2.75, 3.05) is 31.8 Å². The van der Waals surface area contributed by atoms with Gasteiger partial charge in [-0.05, 0) is 18.7 Å². The van der Waals surface area contributed by atoms with Crippen LogP contribution in [0.4, 0.5) is 0 Å². The number of alkyl halides is 1. The Morgan fingerprint density at radius 1 is 1.47 bits per heavy atom. The van der Waals surface area contributed by atoms with E-state index in [1.165, 1.54) is 16.2 Å². The maximum atomic E-state index is 5.74. The number of hydrogen-bond acceptors (Lipinski definition) is 2. The van der Waals surface area contributed by atoms with Crippen LogP contribution in [-0.2, 0) is 0 Å². The van der Waals surface area contributed by atoms with E-state index in [0.717, 1.165) is 19.0 Å². The number of hydrogen-bond donors (Lipinski definition) is 0. The minimum atomic E-state index is 0.680.